The maximum atomic E-state index is 13.2. The van der Waals surface area contributed by atoms with Crippen LogP contribution in [0.3, 0.4) is 0 Å². The second-order valence-electron chi connectivity index (χ2n) is 7.29. The van der Waals surface area contributed by atoms with Crippen LogP contribution in [0.1, 0.15) is 38.6 Å². The van der Waals surface area contributed by atoms with E-state index in [4.69, 9.17) is 4.98 Å². The summed E-state index contributed by atoms with van der Waals surface area (Å²) in [6, 6.07) is 17.3. The number of fused-ring (bicyclic) bond motifs is 1. The predicted molar refractivity (Wildman–Crippen MR) is 119 cm³/mol. The number of rotatable bonds is 6. The van der Waals surface area contributed by atoms with Crippen molar-refractivity contribution in [3.63, 3.8) is 0 Å². The van der Waals surface area contributed by atoms with Gasteiger partial charge in [-0.3, -0.25) is 14.2 Å². The molecule has 2 aromatic carbocycles. The summed E-state index contributed by atoms with van der Waals surface area (Å²) in [6.07, 6.45) is 4.24. The number of amides is 1. The van der Waals surface area contributed by atoms with Gasteiger partial charge >= 0.3 is 0 Å². The third-order valence-electron chi connectivity index (χ3n) is 5.48. The van der Waals surface area contributed by atoms with E-state index in [1.807, 2.05) is 66.1 Å². The van der Waals surface area contributed by atoms with E-state index >= 15 is 0 Å². The molecule has 0 spiro atoms. The van der Waals surface area contributed by atoms with Gasteiger partial charge in [0.05, 0.1) is 16.7 Å². The molecule has 150 valence electrons. The van der Waals surface area contributed by atoms with E-state index in [1.165, 1.54) is 11.8 Å². The molecule has 1 fully saturated rings. The maximum Gasteiger partial charge on any atom is 0.262 e. The number of anilines is 1. The molecule has 0 bridgehead atoms. The molecular weight excluding hydrogens is 382 g/mol. The molecule has 1 aliphatic rings. The van der Waals surface area contributed by atoms with Gasteiger partial charge in [0.2, 0.25) is 5.91 Å². The number of carbonyl (C=O) groups is 1. The van der Waals surface area contributed by atoms with Gasteiger partial charge in [0.15, 0.2) is 5.16 Å². The number of nitrogens with zero attached hydrogens (tertiary/aromatic N) is 3. The summed E-state index contributed by atoms with van der Waals surface area (Å²) in [5.41, 5.74) is 1.59. The van der Waals surface area contributed by atoms with Gasteiger partial charge in [0.1, 0.15) is 0 Å². The normalized spacial score (nSPS) is 14.4. The van der Waals surface area contributed by atoms with Crippen molar-refractivity contribution in [3.8, 4) is 0 Å². The summed E-state index contributed by atoms with van der Waals surface area (Å²) in [6.45, 7) is 2.57. The first kappa shape index (κ1) is 19.7. The zero-order valence-electron chi connectivity index (χ0n) is 16.6. The van der Waals surface area contributed by atoms with E-state index in [2.05, 4.69) is 0 Å². The van der Waals surface area contributed by atoms with Crippen LogP contribution in [0, 0.1) is 0 Å². The van der Waals surface area contributed by atoms with Gasteiger partial charge in [0, 0.05) is 18.3 Å². The van der Waals surface area contributed by atoms with Gasteiger partial charge in [-0.05, 0) is 44.0 Å². The third-order valence-corrected chi connectivity index (χ3v) is 6.41. The van der Waals surface area contributed by atoms with Crippen LogP contribution in [0.4, 0.5) is 5.69 Å². The van der Waals surface area contributed by atoms with Crippen LogP contribution in [-0.2, 0) is 4.79 Å². The van der Waals surface area contributed by atoms with Gasteiger partial charge in [-0.25, -0.2) is 4.98 Å². The molecule has 29 heavy (non-hydrogen) atoms. The first-order valence-electron chi connectivity index (χ1n) is 10.2. The molecule has 1 aliphatic carbocycles. The third kappa shape index (κ3) is 4.08. The van der Waals surface area contributed by atoms with Crippen LogP contribution < -0.4 is 10.5 Å². The molecule has 5 nitrogen and oxygen atoms in total. The van der Waals surface area contributed by atoms with Crippen molar-refractivity contribution < 1.29 is 4.79 Å². The summed E-state index contributed by atoms with van der Waals surface area (Å²) >= 11 is 1.37. The lowest BCUT2D eigenvalue weighted by Gasteiger charge is -2.22. The number of hydrogen-bond acceptors (Lipinski definition) is 4. The summed E-state index contributed by atoms with van der Waals surface area (Å²) in [4.78, 5) is 32.7. The van der Waals surface area contributed by atoms with Crippen molar-refractivity contribution >= 4 is 34.3 Å². The van der Waals surface area contributed by atoms with E-state index in [9.17, 15) is 9.59 Å². The largest absolute Gasteiger partial charge is 0.312 e. The monoisotopic (exact) mass is 407 g/mol. The van der Waals surface area contributed by atoms with E-state index in [0.29, 0.717) is 22.6 Å². The SMILES string of the molecule is CCN(C(=O)CSc1nc2ccccc2c(=O)n1C1CCCC1)c1ccccc1. The minimum atomic E-state index is 0.00727. The number of benzene rings is 2. The Labute approximate surface area is 174 Å². The quantitative estimate of drug-likeness (QED) is 0.441. The van der Waals surface area contributed by atoms with Crippen molar-refractivity contribution in [1.29, 1.82) is 0 Å². The van der Waals surface area contributed by atoms with E-state index < -0.39 is 0 Å². The molecule has 0 N–H and O–H groups in total. The van der Waals surface area contributed by atoms with Crippen molar-refractivity contribution in [2.45, 2.75) is 43.8 Å². The predicted octanol–water partition coefficient (Wildman–Crippen LogP) is 4.66. The highest BCUT2D eigenvalue weighted by molar-refractivity contribution is 7.99. The lowest BCUT2D eigenvalue weighted by Crippen LogP contribution is -2.32. The average Bonchev–Trinajstić information content (AvgIpc) is 3.28. The van der Waals surface area contributed by atoms with Crippen molar-refractivity contribution in [2.24, 2.45) is 0 Å². The topological polar surface area (TPSA) is 55.2 Å². The number of hydrogen-bond donors (Lipinski definition) is 0. The van der Waals surface area contributed by atoms with Crippen molar-refractivity contribution in [2.75, 3.05) is 17.2 Å². The Morgan fingerprint density at radius 3 is 2.52 bits per heavy atom. The molecule has 1 heterocycles. The second-order valence-corrected chi connectivity index (χ2v) is 8.23. The smallest absolute Gasteiger partial charge is 0.262 e. The maximum absolute atomic E-state index is 13.2. The molecule has 0 radical (unpaired) electrons. The number of para-hydroxylation sites is 2. The molecule has 0 atom stereocenters. The Balaban J connectivity index is 1.64. The van der Waals surface area contributed by atoms with Crippen molar-refractivity contribution in [3.05, 3.63) is 65.0 Å². The molecule has 4 rings (SSSR count). The second kappa shape index (κ2) is 8.82. The fourth-order valence-corrected chi connectivity index (χ4v) is 4.97. The molecule has 0 saturated heterocycles. The molecule has 1 saturated carbocycles. The van der Waals surface area contributed by atoms with Crippen LogP contribution >= 0.6 is 11.8 Å². The Bertz CT molecular complexity index is 1060. The first-order valence-corrected chi connectivity index (χ1v) is 11.2. The lowest BCUT2D eigenvalue weighted by molar-refractivity contribution is -0.116. The minimum Gasteiger partial charge on any atom is -0.312 e. The van der Waals surface area contributed by atoms with Gasteiger partial charge in [-0.1, -0.05) is 54.9 Å². The lowest BCUT2D eigenvalue weighted by atomic mass is 10.2. The van der Waals surface area contributed by atoms with E-state index in [-0.39, 0.29) is 23.3 Å². The molecule has 1 amide bonds. The Morgan fingerprint density at radius 1 is 1.10 bits per heavy atom. The van der Waals surface area contributed by atoms with Crippen molar-refractivity contribution in [1.82, 2.24) is 9.55 Å². The number of aromatic nitrogens is 2. The van der Waals surface area contributed by atoms with Gasteiger partial charge in [-0.2, -0.15) is 0 Å². The standard InChI is InChI=1S/C23H25N3O2S/c1-2-25(17-10-4-3-5-11-17)21(27)16-29-23-24-20-15-9-8-14-19(20)22(28)26(23)18-12-6-7-13-18/h3-5,8-11,14-15,18H,2,6-7,12-13,16H2,1H3. The van der Waals surface area contributed by atoms with Crippen LogP contribution in [0.5, 0.6) is 0 Å². The zero-order chi connectivity index (χ0) is 20.2. The van der Waals surface area contributed by atoms with Crippen LogP contribution in [0.15, 0.2) is 64.5 Å². The molecule has 6 heteroatoms. The van der Waals surface area contributed by atoms with Crippen LogP contribution in [0.25, 0.3) is 10.9 Å². The zero-order valence-corrected chi connectivity index (χ0v) is 17.4. The van der Waals surface area contributed by atoms with Crippen LogP contribution in [0.2, 0.25) is 0 Å². The highest BCUT2D eigenvalue weighted by Crippen LogP contribution is 2.32. The summed E-state index contributed by atoms with van der Waals surface area (Å²) in [5, 5.41) is 1.30. The molecule has 0 aliphatic heterocycles. The van der Waals surface area contributed by atoms with Gasteiger partial charge in [0.25, 0.3) is 5.56 Å². The molecule has 3 aromatic rings. The fourth-order valence-electron chi connectivity index (χ4n) is 4.03. The Hall–Kier alpha value is -2.60. The van der Waals surface area contributed by atoms with Gasteiger partial charge < -0.3 is 4.90 Å². The summed E-state index contributed by atoms with van der Waals surface area (Å²) in [7, 11) is 0. The number of thioether (sulfide) groups is 1. The van der Waals surface area contributed by atoms with E-state index in [1.54, 1.807) is 4.90 Å². The molecule has 0 unspecified atom stereocenters. The highest BCUT2D eigenvalue weighted by atomic mass is 32.2. The highest BCUT2D eigenvalue weighted by Gasteiger charge is 2.24. The Kier molecular flexibility index (Phi) is 6.00. The minimum absolute atomic E-state index is 0.00727. The number of carbonyl (C=O) groups excluding carboxylic acids is 1. The first-order chi connectivity index (χ1) is 14.2. The summed E-state index contributed by atoms with van der Waals surface area (Å²) < 4.78 is 1.84. The van der Waals surface area contributed by atoms with Gasteiger partial charge in [-0.15, -0.1) is 0 Å². The Morgan fingerprint density at radius 2 is 1.79 bits per heavy atom. The fraction of sp³-hybridized carbons (Fsp3) is 0.348. The molecular formula is C23H25N3O2S. The van der Waals surface area contributed by atoms with Crippen LogP contribution in [-0.4, -0.2) is 27.8 Å². The average molecular weight is 408 g/mol. The molecule has 1 aromatic heterocycles. The summed E-state index contributed by atoms with van der Waals surface area (Å²) in [5.74, 6) is 0.268. The van der Waals surface area contributed by atoms with E-state index in [0.717, 1.165) is 31.4 Å².